The highest BCUT2D eigenvalue weighted by Gasteiger charge is 2.18. The van der Waals surface area contributed by atoms with Gasteiger partial charge in [0.1, 0.15) is 11.3 Å². The van der Waals surface area contributed by atoms with Crippen LogP contribution in [0.25, 0.3) is 89.1 Å². The number of rotatable bonds is 5. The summed E-state index contributed by atoms with van der Waals surface area (Å²) in [5, 5.41) is 3.25. The first-order valence-electron chi connectivity index (χ1n) is 15.7. The molecule has 3 aromatic heterocycles. The van der Waals surface area contributed by atoms with Gasteiger partial charge in [0.15, 0.2) is 11.4 Å². The Morgan fingerprint density at radius 3 is 1.74 bits per heavy atom. The van der Waals surface area contributed by atoms with E-state index in [-0.39, 0.29) is 0 Å². The summed E-state index contributed by atoms with van der Waals surface area (Å²) in [6, 6.07) is 56.1. The van der Waals surface area contributed by atoms with Gasteiger partial charge in [-0.15, -0.1) is 0 Å². The predicted octanol–water partition coefficient (Wildman–Crippen LogP) is 11.3. The Bertz CT molecular complexity index is 2550. The standard InChI is InChI=1S/C43H27N3O/c1-3-12-28(13-4-1)29-22-24-30(25-23-29)37-27-38(46-43(45-37)31-14-5-2-6-15-31)32-16-11-17-33(26-32)41-42-40(34-18-7-9-20-36(34)44-41)35-19-8-10-21-39(35)47-42/h1-27H. The van der Waals surface area contributed by atoms with Crippen LogP contribution in [0, 0.1) is 0 Å². The van der Waals surface area contributed by atoms with Gasteiger partial charge < -0.3 is 4.42 Å². The van der Waals surface area contributed by atoms with Crippen molar-refractivity contribution in [3.63, 3.8) is 0 Å². The van der Waals surface area contributed by atoms with E-state index in [1.54, 1.807) is 0 Å². The summed E-state index contributed by atoms with van der Waals surface area (Å²) in [6.45, 7) is 0. The molecule has 220 valence electrons. The zero-order chi connectivity index (χ0) is 31.2. The van der Waals surface area contributed by atoms with Crippen LogP contribution in [-0.4, -0.2) is 15.0 Å². The van der Waals surface area contributed by atoms with Gasteiger partial charge in [0, 0.05) is 38.4 Å². The highest BCUT2D eigenvalue weighted by atomic mass is 16.3. The first-order valence-corrected chi connectivity index (χ1v) is 15.7. The lowest BCUT2D eigenvalue weighted by atomic mass is 9.99. The fraction of sp³-hybridized carbons (Fsp3) is 0. The molecule has 0 fully saturated rings. The Labute approximate surface area is 271 Å². The summed E-state index contributed by atoms with van der Waals surface area (Å²) in [5.74, 6) is 0.680. The fourth-order valence-electron chi connectivity index (χ4n) is 6.38. The van der Waals surface area contributed by atoms with E-state index in [4.69, 9.17) is 19.4 Å². The smallest absolute Gasteiger partial charge is 0.162 e. The number of para-hydroxylation sites is 2. The summed E-state index contributed by atoms with van der Waals surface area (Å²) in [4.78, 5) is 15.3. The second-order valence-electron chi connectivity index (χ2n) is 11.6. The summed E-state index contributed by atoms with van der Waals surface area (Å²) in [5.41, 5.74) is 11.4. The lowest BCUT2D eigenvalue weighted by molar-refractivity contribution is 0.669. The highest BCUT2D eigenvalue weighted by molar-refractivity contribution is 6.20. The molecule has 3 heterocycles. The number of hydrogen-bond donors (Lipinski definition) is 0. The minimum Gasteiger partial charge on any atom is -0.454 e. The number of hydrogen-bond acceptors (Lipinski definition) is 4. The maximum Gasteiger partial charge on any atom is 0.162 e. The second-order valence-corrected chi connectivity index (χ2v) is 11.6. The monoisotopic (exact) mass is 601 g/mol. The molecule has 0 saturated heterocycles. The molecule has 0 saturated carbocycles. The van der Waals surface area contributed by atoms with Crippen LogP contribution in [0.2, 0.25) is 0 Å². The van der Waals surface area contributed by atoms with E-state index in [0.29, 0.717) is 5.82 Å². The Hall–Kier alpha value is -6.39. The van der Waals surface area contributed by atoms with Crippen LogP contribution in [0.3, 0.4) is 0 Å². The van der Waals surface area contributed by atoms with Crippen LogP contribution in [0.1, 0.15) is 0 Å². The van der Waals surface area contributed by atoms with Crippen molar-refractivity contribution >= 4 is 32.8 Å². The molecule has 4 nitrogen and oxygen atoms in total. The summed E-state index contributed by atoms with van der Waals surface area (Å²) >= 11 is 0. The van der Waals surface area contributed by atoms with Crippen molar-refractivity contribution in [1.82, 2.24) is 15.0 Å². The molecular weight excluding hydrogens is 574 g/mol. The number of pyridine rings is 1. The molecule has 0 aliphatic rings. The van der Waals surface area contributed by atoms with Crippen molar-refractivity contribution in [1.29, 1.82) is 0 Å². The molecule has 0 atom stereocenters. The Balaban J connectivity index is 1.20. The lowest BCUT2D eigenvalue weighted by Gasteiger charge is -2.11. The summed E-state index contributed by atoms with van der Waals surface area (Å²) < 4.78 is 6.50. The van der Waals surface area contributed by atoms with Gasteiger partial charge in [0.05, 0.1) is 16.9 Å². The molecule has 47 heavy (non-hydrogen) atoms. The van der Waals surface area contributed by atoms with Crippen LogP contribution in [-0.2, 0) is 0 Å². The van der Waals surface area contributed by atoms with E-state index in [2.05, 4.69) is 121 Å². The Morgan fingerprint density at radius 2 is 0.957 bits per heavy atom. The zero-order valence-electron chi connectivity index (χ0n) is 25.3. The van der Waals surface area contributed by atoms with Crippen LogP contribution in [0.4, 0.5) is 0 Å². The number of furan rings is 1. The molecule has 6 aromatic carbocycles. The van der Waals surface area contributed by atoms with Crippen molar-refractivity contribution in [3.05, 3.63) is 164 Å². The fourth-order valence-corrected chi connectivity index (χ4v) is 6.38. The van der Waals surface area contributed by atoms with Gasteiger partial charge in [0.2, 0.25) is 0 Å². The number of nitrogens with zero attached hydrogens (tertiary/aromatic N) is 3. The average Bonchev–Trinajstić information content (AvgIpc) is 3.55. The molecule has 9 rings (SSSR count). The zero-order valence-corrected chi connectivity index (χ0v) is 25.3. The number of benzene rings is 6. The first-order chi connectivity index (χ1) is 23.3. The largest absolute Gasteiger partial charge is 0.454 e. The van der Waals surface area contributed by atoms with Crippen LogP contribution in [0.15, 0.2) is 168 Å². The molecule has 0 unspecified atom stereocenters. The molecule has 9 aromatic rings. The minimum atomic E-state index is 0.680. The van der Waals surface area contributed by atoms with E-state index < -0.39 is 0 Å². The molecule has 0 bridgehead atoms. The Kier molecular flexibility index (Phi) is 6.43. The summed E-state index contributed by atoms with van der Waals surface area (Å²) in [7, 11) is 0. The normalized spacial score (nSPS) is 11.4. The second kappa shape index (κ2) is 11.2. The van der Waals surface area contributed by atoms with Gasteiger partial charge in [-0.3, -0.25) is 0 Å². The first kappa shape index (κ1) is 27.0. The molecular formula is C43H27N3O. The Morgan fingerprint density at radius 1 is 0.383 bits per heavy atom. The van der Waals surface area contributed by atoms with Crippen molar-refractivity contribution < 1.29 is 4.42 Å². The third-order valence-corrected chi connectivity index (χ3v) is 8.69. The van der Waals surface area contributed by atoms with Crippen LogP contribution >= 0.6 is 0 Å². The van der Waals surface area contributed by atoms with Gasteiger partial charge in [0.25, 0.3) is 0 Å². The van der Waals surface area contributed by atoms with Crippen molar-refractivity contribution in [3.8, 4) is 56.3 Å². The van der Waals surface area contributed by atoms with E-state index in [1.807, 2.05) is 42.5 Å². The van der Waals surface area contributed by atoms with Gasteiger partial charge in [-0.25, -0.2) is 15.0 Å². The lowest BCUT2D eigenvalue weighted by Crippen LogP contribution is -1.96. The number of aromatic nitrogens is 3. The molecule has 0 aliphatic heterocycles. The third kappa shape index (κ3) is 4.84. The van der Waals surface area contributed by atoms with Gasteiger partial charge in [-0.05, 0) is 35.4 Å². The van der Waals surface area contributed by atoms with Gasteiger partial charge >= 0.3 is 0 Å². The van der Waals surface area contributed by atoms with Crippen molar-refractivity contribution in [2.75, 3.05) is 0 Å². The molecule has 0 amide bonds. The number of fused-ring (bicyclic) bond motifs is 5. The third-order valence-electron chi connectivity index (χ3n) is 8.69. The van der Waals surface area contributed by atoms with Crippen molar-refractivity contribution in [2.45, 2.75) is 0 Å². The minimum absolute atomic E-state index is 0.680. The van der Waals surface area contributed by atoms with Gasteiger partial charge in [-0.2, -0.15) is 0 Å². The topological polar surface area (TPSA) is 51.8 Å². The molecule has 0 aliphatic carbocycles. The van der Waals surface area contributed by atoms with E-state index in [9.17, 15) is 0 Å². The quantitative estimate of drug-likeness (QED) is 0.197. The summed E-state index contributed by atoms with van der Waals surface area (Å²) in [6.07, 6.45) is 0. The van der Waals surface area contributed by atoms with Crippen molar-refractivity contribution in [2.24, 2.45) is 0 Å². The molecule has 0 spiro atoms. The van der Waals surface area contributed by atoms with Crippen LogP contribution in [0.5, 0.6) is 0 Å². The molecule has 4 heteroatoms. The maximum absolute atomic E-state index is 6.50. The molecule has 0 N–H and O–H groups in total. The SMILES string of the molecule is c1ccc(-c2ccc(-c3cc(-c4cccc(-c5nc6ccccc6c6c5oc5ccccc56)c4)nc(-c4ccccc4)n3)cc2)cc1. The van der Waals surface area contributed by atoms with E-state index in [0.717, 1.165) is 72.2 Å². The van der Waals surface area contributed by atoms with E-state index >= 15 is 0 Å². The maximum atomic E-state index is 6.50. The highest BCUT2D eigenvalue weighted by Crippen LogP contribution is 2.40. The van der Waals surface area contributed by atoms with Crippen LogP contribution < -0.4 is 0 Å². The predicted molar refractivity (Wildman–Crippen MR) is 192 cm³/mol. The average molecular weight is 602 g/mol. The van der Waals surface area contributed by atoms with Gasteiger partial charge in [-0.1, -0.05) is 140 Å². The van der Waals surface area contributed by atoms with E-state index in [1.165, 1.54) is 11.1 Å². The molecule has 0 radical (unpaired) electrons.